The summed E-state index contributed by atoms with van der Waals surface area (Å²) in [5.74, 6) is 0.727. The minimum absolute atomic E-state index is 0.246. The maximum atomic E-state index is 5.93. The smallest absolute Gasteiger partial charge is 0.225 e. The molecule has 0 spiro atoms. The monoisotopic (exact) mass is 291 g/mol. The van der Waals surface area contributed by atoms with Crippen molar-refractivity contribution < 1.29 is 0 Å². The highest BCUT2D eigenvalue weighted by Gasteiger charge is 2.09. The number of nitrogens with one attached hydrogen (secondary N) is 1. The highest BCUT2D eigenvalue weighted by Crippen LogP contribution is 2.29. The first kappa shape index (κ1) is 12.3. The number of nitrogens with zero attached hydrogens (tertiary/aromatic N) is 4. The van der Waals surface area contributed by atoms with E-state index in [9.17, 15) is 0 Å². The molecule has 3 heterocycles. The van der Waals surface area contributed by atoms with Crippen LogP contribution in [-0.2, 0) is 6.54 Å². The fraction of sp³-hybridized carbons (Fsp3) is 0.167. The molecule has 0 saturated heterocycles. The van der Waals surface area contributed by atoms with Gasteiger partial charge >= 0.3 is 0 Å². The Morgan fingerprint density at radius 2 is 2.26 bits per heavy atom. The minimum Gasteiger partial charge on any atom is -0.364 e. The molecule has 0 radical (unpaired) electrons. The normalized spacial score (nSPS) is 10.8. The SMILES string of the molecule is Cc1cc2c(NCc3cccnn3)nc(Cl)nc2s1. The third-order valence-corrected chi connectivity index (χ3v) is 3.67. The van der Waals surface area contributed by atoms with Crippen molar-refractivity contribution >= 4 is 39.0 Å². The van der Waals surface area contributed by atoms with Crippen LogP contribution < -0.4 is 5.32 Å². The van der Waals surface area contributed by atoms with Crippen LogP contribution in [0.3, 0.4) is 0 Å². The summed E-state index contributed by atoms with van der Waals surface area (Å²) in [7, 11) is 0. The van der Waals surface area contributed by atoms with Crippen molar-refractivity contribution in [3.8, 4) is 0 Å². The first-order chi connectivity index (χ1) is 9.22. The quantitative estimate of drug-likeness (QED) is 0.751. The molecule has 0 amide bonds. The molecule has 0 fully saturated rings. The molecule has 0 aliphatic rings. The third kappa shape index (κ3) is 2.64. The Morgan fingerprint density at radius 1 is 1.37 bits per heavy atom. The number of halogens is 1. The molecule has 3 aromatic rings. The zero-order chi connectivity index (χ0) is 13.2. The summed E-state index contributed by atoms with van der Waals surface area (Å²) < 4.78 is 0. The van der Waals surface area contributed by atoms with Gasteiger partial charge in [-0.2, -0.15) is 10.2 Å². The molecule has 0 aliphatic heterocycles. The molecule has 96 valence electrons. The molecule has 0 saturated carbocycles. The van der Waals surface area contributed by atoms with Crippen molar-refractivity contribution in [1.82, 2.24) is 20.2 Å². The lowest BCUT2D eigenvalue weighted by molar-refractivity contribution is 0.921. The number of hydrogen-bond acceptors (Lipinski definition) is 6. The summed E-state index contributed by atoms with van der Waals surface area (Å²) in [6.07, 6.45) is 1.64. The first-order valence-corrected chi connectivity index (χ1v) is 6.86. The van der Waals surface area contributed by atoms with E-state index >= 15 is 0 Å². The van der Waals surface area contributed by atoms with Crippen molar-refractivity contribution in [3.63, 3.8) is 0 Å². The Morgan fingerprint density at radius 3 is 3.05 bits per heavy atom. The van der Waals surface area contributed by atoms with Crippen LogP contribution in [-0.4, -0.2) is 20.2 Å². The van der Waals surface area contributed by atoms with Crippen molar-refractivity contribution in [1.29, 1.82) is 0 Å². The van der Waals surface area contributed by atoms with Gasteiger partial charge in [-0.15, -0.1) is 11.3 Å². The number of aromatic nitrogens is 4. The molecule has 7 heteroatoms. The van der Waals surface area contributed by atoms with Gasteiger partial charge in [0.05, 0.1) is 17.6 Å². The number of aryl methyl sites for hydroxylation is 1. The predicted octanol–water partition coefficient (Wildman–Crippen LogP) is 3.06. The van der Waals surface area contributed by atoms with Crippen LogP contribution in [0.15, 0.2) is 24.4 Å². The number of fused-ring (bicyclic) bond motifs is 1. The van der Waals surface area contributed by atoms with Gasteiger partial charge in [-0.1, -0.05) is 0 Å². The van der Waals surface area contributed by atoms with Gasteiger partial charge in [0.25, 0.3) is 0 Å². The van der Waals surface area contributed by atoms with Crippen molar-refractivity contribution in [2.75, 3.05) is 5.32 Å². The Balaban J connectivity index is 1.92. The molecular formula is C12H10ClN5S. The van der Waals surface area contributed by atoms with Crippen LogP contribution >= 0.6 is 22.9 Å². The van der Waals surface area contributed by atoms with Crippen LogP contribution in [0.4, 0.5) is 5.82 Å². The van der Waals surface area contributed by atoms with Gasteiger partial charge in [-0.05, 0) is 36.7 Å². The standard InChI is InChI=1S/C12H10ClN5S/c1-7-5-9-10(16-12(13)17-11(9)19-7)14-6-8-3-2-4-15-18-8/h2-5H,6H2,1H3,(H,14,16,17). The molecule has 0 aromatic carbocycles. The van der Waals surface area contributed by atoms with Crippen LogP contribution in [0.1, 0.15) is 10.6 Å². The van der Waals surface area contributed by atoms with Gasteiger partial charge in [0.15, 0.2) is 0 Å². The van der Waals surface area contributed by atoms with E-state index in [0.29, 0.717) is 6.54 Å². The molecule has 0 bridgehead atoms. The molecule has 19 heavy (non-hydrogen) atoms. The van der Waals surface area contributed by atoms with E-state index < -0.39 is 0 Å². The van der Waals surface area contributed by atoms with Gasteiger partial charge in [0.1, 0.15) is 10.6 Å². The highest BCUT2D eigenvalue weighted by molar-refractivity contribution is 7.18. The average Bonchev–Trinajstić information content (AvgIpc) is 2.77. The molecule has 0 unspecified atom stereocenters. The summed E-state index contributed by atoms with van der Waals surface area (Å²) in [6, 6.07) is 5.80. The van der Waals surface area contributed by atoms with E-state index in [1.165, 1.54) is 4.88 Å². The van der Waals surface area contributed by atoms with E-state index in [1.54, 1.807) is 17.5 Å². The van der Waals surface area contributed by atoms with Crippen LogP contribution in [0.2, 0.25) is 5.28 Å². The summed E-state index contributed by atoms with van der Waals surface area (Å²) >= 11 is 7.53. The fourth-order valence-corrected chi connectivity index (χ4v) is 2.85. The van der Waals surface area contributed by atoms with Gasteiger partial charge in [0, 0.05) is 11.1 Å². The second-order valence-electron chi connectivity index (χ2n) is 3.99. The van der Waals surface area contributed by atoms with E-state index in [0.717, 1.165) is 21.7 Å². The highest BCUT2D eigenvalue weighted by atomic mass is 35.5. The Labute approximate surface area is 118 Å². The molecule has 0 atom stereocenters. The zero-order valence-corrected chi connectivity index (χ0v) is 11.7. The summed E-state index contributed by atoms with van der Waals surface area (Å²) in [5, 5.41) is 12.3. The van der Waals surface area contributed by atoms with E-state index in [4.69, 9.17) is 11.6 Å². The lowest BCUT2D eigenvalue weighted by atomic mass is 10.3. The van der Waals surface area contributed by atoms with E-state index in [1.807, 2.05) is 19.1 Å². The maximum Gasteiger partial charge on any atom is 0.225 e. The van der Waals surface area contributed by atoms with Crippen LogP contribution in [0.5, 0.6) is 0 Å². The van der Waals surface area contributed by atoms with Crippen LogP contribution in [0.25, 0.3) is 10.2 Å². The molecule has 5 nitrogen and oxygen atoms in total. The number of thiophene rings is 1. The van der Waals surface area contributed by atoms with Crippen molar-refractivity contribution in [3.05, 3.63) is 40.3 Å². The summed E-state index contributed by atoms with van der Waals surface area (Å²) in [5.41, 5.74) is 0.845. The van der Waals surface area contributed by atoms with Crippen molar-refractivity contribution in [2.24, 2.45) is 0 Å². The van der Waals surface area contributed by atoms with E-state index in [2.05, 4.69) is 31.5 Å². The molecule has 0 aliphatic carbocycles. The number of anilines is 1. The number of hydrogen-bond donors (Lipinski definition) is 1. The Bertz CT molecular complexity index is 713. The zero-order valence-electron chi connectivity index (χ0n) is 10.1. The van der Waals surface area contributed by atoms with Gasteiger partial charge in [-0.3, -0.25) is 0 Å². The number of rotatable bonds is 3. The van der Waals surface area contributed by atoms with Crippen LogP contribution in [0, 0.1) is 6.92 Å². The second-order valence-corrected chi connectivity index (χ2v) is 5.56. The Hall–Kier alpha value is -1.79. The second kappa shape index (κ2) is 5.07. The van der Waals surface area contributed by atoms with E-state index in [-0.39, 0.29) is 5.28 Å². The Kier molecular flexibility index (Phi) is 3.27. The third-order valence-electron chi connectivity index (χ3n) is 2.55. The topological polar surface area (TPSA) is 63.6 Å². The maximum absolute atomic E-state index is 5.93. The molecule has 3 rings (SSSR count). The minimum atomic E-state index is 0.246. The predicted molar refractivity (Wildman–Crippen MR) is 76.5 cm³/mol. The van der Waals surface area contributed by atoms with Crippen molar-refractivity contribution in [2.45, 2.75) is 13.5 Å². The molecule has 3 aromatic heterocycles. The summed E-state index contributed by atoms with van der Waals surface area (Å²) in [4.78, 5) is 10.5. The lowest BCUT2D eigenvalue weighted by Gasteiger charge is -2.05. The fourth-order valence-electron chi connectivity index (χ4n) is 1.75. The van der Waals surface area contributed by atoms with Gasteiger partial charge in [-0.25, -0.2) is 9.97 Å². The van der Waals surface area contributed by atoms with Gasteiger partial charge in [0.2, 0.25) is 5.28 Å². The lowest BCUT2D eigenvalue weighted by Crippen LogP contribution is -2.04. The summed E-state index contributed by atoms with van der Waals surface area (Å²) in [6.45, 7) is 2.58. The van der Waals surface area contributed by atoms with Gasteiger partial charge < -0.3 is 5.32 Å². The first-order valence-electron chi connectivity index (χ1n) is 5.66. The molecule has 1 N–H and O–H groups in total. The molecular weight excluding hydrogens is 282 g/mol. The largest absolute Gasteiger partial charge is 0.364 e. The average molecular weight is 292 g/mol.